The Morgan fingerprint density at radius 3 is 2.89 bits per heavy atom. The quantitative estimate of drug-likeness (QED) is 0.901. The van der Waals surface area contributed by atoms with Crippen molar-refractivity contribution in [3.8, 4) is 0 Å². The molecule has 1 heterocycles. The van der Waals surface area contributed by atoms with Crippen LogP contribution in [0.5, 0.6) is 0 Å². The third-order valence-electron chi connectivity index (χ3n) is 2.50. The van der Waals surface area contributed by atoms with Crippen molar-refractivity contribution in [3.63, 3.8) is 0 Å². The van der Waals surface area contributed by atoms with E-state index in [1.165, 1.54) is 0 Å². The fourth-order valence-corrected chi connectivity index (χ4v) is 2.41. The molecule has 0 aliphatic rings. The summed E-state index contributed by atoms with van der Waals surface area (Å²) >= 11 is 7.53. The van der Waals surface area contributed by atoms with E-state index in [0.717, 1.165) is 10.6 Å². The van der Waals surface area contributed by atoms with Crippen LogP contribution < -0.4 is 10.6 Å². The molecule has 2 aromatic rings. The predicted molar refractivity (Wildman–Crippen MR) is 76.5 cm³/mol. The number of hydrogen-bond acceptors (Lipinski definition) is 3. The van der Waals surface area contributed by atoms with Gasteiger partial charge in [0, 0.05) is 22.6 Å². The molecule has 0 fully saturated rings. The van der Waals surface area contributed by atoms with Gasteiger partial charge in [-0.15, -0.1) is 11.3 Å². The van der Waals surface area contributed by atoms with E-state index >= 15 is 0 Å². The standard InChI is InChI=1S/C13H13ClN2OS/c1-15-12-5-4-9(14)7-11(12)13(17)16-8-10-3-2-6-18-10/h2-7,15H,8H2,1H3,(H,16,17). The molecule has 1 aromatic heterocycles. The largest absolute Gasteiger partial charge is 0.387 e. The van der Waals surface area contributed by atoms with Crippen LogP contribution in [0.1, 0.15) is 15.2 Å². The average Bonchev–Trinajstić information content (AvgIpc) is 2.89. The van der Waals surface area contributed by atoms with Crippen LogP contribution in [0, 0.1) is 0 Å². The van der Waals surface area contributed by atoms with Gasteiger partial charge in [-0.2, -0.15) is 0 Å². The summed E-state index contributed by atoms with van der Waals surface area (Å²) < 4.78 is 0. The van der Waals surface area contributed by atoms with E-state index < -0.39 is 0 Å². The van der Waals surface area contributed by atoms with Crippen LogP contribution in [0.3, 0.4) is 0 Å². The van der Waals surface area contributed by atoms with Gasteiger partial charge in [-0.05, 0) is 29.6 Å². The number of benzene rings is 1. The fraction of sp³-hybridized carbons (Fsp3) is 0.154. The number of hydrogen-bond donors (Lipinski definition) is 2. The Kier molecular flexibility index (Phi) is 4.23. The van der Waals surface area contributed by atoms with Crippen LogP contribution in [0.25, 0.3) is 0 Å². The van der Waals surface area contributed by atoms with Crippen LogP contribution in [-0.2, 0) is 6.54 Å². The van der Waals surface area contributed by atoms with E-state index in [1.807, 2.05) is 17.5 Å². The van der Waals surface area contributed by atoms with Crippen LogP contribution in [0.4, 0.5) is 5.69 Å². The summed E-state index contributed by atoms with van der Waals surface area (Å²) in [4.78, 5) is 13.2. The Labute approximate surface area is 115 Å². The van der Waals surface area contributed by atoms with Crippen molar-refractivity contribution in [2.45, 2.75) is 6.54 Å². The van der Waals surface area contributed by atoms with Crippen molar-refractivity contribution in [1.29, 1.82) is 0 Å². The van der Waals surface area contributed by atoms with Gasteiger partial charge in [-0.1, -0.05) is 17.7 Å². The fourth-order valence-electron chi connectivity index (χ4n) is 1.60. The monoisotopic (exact) mass is 280 g/mol. The summed E-state index contributed by atoms with van der Waals surface area (Å²) in [6.07, 6.45) is 0. The Bertz CT molecular complexity index is 540. The number of anilines is 1. The molecule has 0 atom stereocenters. The predicted octanol–water partition coefficient (Wildman–Crippen LogP) is 3.37. The maximum atomic E-state index is 12.1. The van der Waals surface area contributed by atoms with Crippen molar-refractivity contribution in [2.24, 2.45) is 0 Å². The van der Waals surface area contributed by atoms with Crippen molar-refractivity contribution in [2.75, 3.05) is 12.4 Å². The second-order valence-corrected chi connectivity index (χ2v) is 5.17. The molecule has 0 aliphatic heterocycles. The van der Waals surface area contributed by atoms with E-state index in [2.05, 4.69) is 10.6 Å². The first-order valence-corrected chi connectivity index (χ1v) is 6.74. The summed E-state index contributed by atoms with van der Waals surface area (Å²) in [5.41, 5.74) is 1.32. The highest BCUT2D eigenvalue weighted by Gasteiger charge is 2.11. The molecule has 5 heteroatoms. The van der Waals surface area contributed by atoms with E-state index in [9.17, 15) is 4.79 Å². The molecule has 0 aliphatic carbocycles. The van der Waals surface area contributed by atoms with E-state index in [4.69, 9.17) is 11.6 Å². The molecule has 1 aromatic carbocycles. The second-order valence-electron chi connectivity index (χ2n) is 3.70. The van der Waals surface area contributed by atoms with Gasteiger partial charge < -0.3 is 10.6 Å². The Hall–Kier alpha value is -1.52. The van der Waals surface area contributed by atoms with Crippen molar-refractivity contribution >= 4 is 34.5 Å². The van der Waals surface area contributed by atoms with Crippen LogP contribution >= 0.6 is 22.9 Å². The maximum absolute atomic E-state index is 12.1. The van der Waals surface area contributed by atoms with Gasteiger partial charge in [0.05, 0.1) is 12.1 Å². The molecule has 0 spiro atoms. The minimum atomic E-state index is -0.129. The van der Waals surface area contributed by atoms with Gasteiger partial charge in [0.25, 0.3) is 5.91 Å². The molecule has 0 unspecified atom stereocenters. The molecule has 0 radical (unpaired) electrons. The number of nitrogens with one attached hydrogen (secondary N) is 2. The van der Waals surface area contributed by atoms with Gasteiger partial charge >= 0.3 is 0 Å². The van der Waals surface area contributed by atoms with E-state index in [1.54, 1.807) is 36.6 Å². The van der Waals surface area contributed by atoms with Gasteiger partial charge in [-0.3, -0.25) is 4.79 Å². The summed E-state index contributed by atoms with van der Waals surface area (Å²) in [6.45, 7) is 0.534. The summed E-state index contributed by atoms with van der Waals surface area (Å²) in [6, 6.07) is 9.16. The molecule has 1 amide bonds. The number of halogens is 1. The zero-order valence-corrected chi connectivity index (χ0v) is 11.4. The third kappa shape index (κ3) is 3.03. The first kappa shape index (κ1) is 12.9. The molecule has 3 nitrogen and oxygen atoms in total. The van der Waals surface area contributed by atoms with Crippen LogP contribution in [0.15, 0.2) is 35.7 Å². The van der Waals surface area contributed by atoms with Crippen molar-refractivity contribution in [1.82, 2.24) is 5.32 Å². The molecular weight excluding hydrogens is 268 g/mol. The molecule has 2 N–H and O–H groups in total. The van der Waals surface area contributed by atoms with E-state index in [-0.39, 0.29) is 5.91 Å². The Morgan fingerprint density at radius 2 is 2.22 bits per heavy atom. The molecular formula is C13H13ClN2OS. The molecule has 0 saturated heterocycles. The third-order valence-corrected chi connectivity index (χ3v) is 3.61. The lowest BCUT2D eigenvalue weighted by molar-refractivity contribution is 0.0952. The van der Waals surface area contributed by atoms with Crippen molar-refractivity contribution in [3.05, 3.63) is 51.2 Å². The number of rotatable bonds is 4. The summed E-state index contributed by atoms with van der Waals surface area (Å²) in [7, 11) is 1.78. The SMILES string of the molecule is CNc1ccc(Cl)cc1C(=O)NCc1cccs1. The highest BCUT2D eigenvalue weighted by atomic mass is 35.5. The molecule has 0 bridgehead atoms. The van der Waals surface area contributed by atoms with Gasteiger partial charge in [0.1, 0.15) is 0 Å². The van der Waals surface area contributed by atoms with Gasteiger partial charge in [0.2, 0.25) is 0 Å². The molecule has 0 saturated carbocycles. The minimum absolute atomic E-state index is 0.129. The first-order valence-electron chi connectivity index (χ1n) is 5.48. The van der Waals surface area contributed by atoms with E-state index in [0.29, 0.717) is 17.1 Å². The van der Waals surface area contributed by atoms with Crippen molar-refractivity contribution < 1.29 is 4.79 Å². The highest BCUT2D eigenvalue weighted by Crippen LogP contribution is 2.20. The molecule has 94 valence electrons. The number of carbonyl (C=O) groups excluding carboxylic acids is 1. The number of thiophene rings is 1. The average molecular weight is 281 g/mol. The lowest BCUT2D eigenvalue weighted by Crippen LogP contribution is -2.23. The maximum Gasteiger partial charge on any atom is 0.253 e. The number of amides is 1. The zero-order valence-electron chi connectivity index (χ0n) is 9.87. The smallest absolute Gasteiger partial charge is 0.253 e. The minimum Gasteiger partial charge on any atom is -0.387 e. The lowest BCUT2D eigenvalue weighted by atomic mass is 10.1. The lowest BCUT2D eigenvalue weighted by Gasteiger charge is -2.09. The molecule has 18 heavy (non-hydrogen) atoms. The normalized spacial score (nSPS) is 10.1. The molecule has 2 rings (SSSR count). The summed E-state index contributed by atoms with van der Waals surface area (Å²) in [5.74, 6) is -0.129. The second kappa shape index (κ2) is 5.89. The Balaban J connectivity index is 2.10. The Morgan fingerprint density at radius 1 is 1.39 bits per heavy atom. The van der Waals surface area contributed by atoms with Crippen LogP contribution in [-0.4, -0.2) is 13.0 Å². The zero-order chi connectivity index (χ0) is 13.0. The summed E-state index contributed by atoms with van der Waals surface area (Å²) in [5, 5.41) is 8.39. The van der Waals surface area contributed by atoms with Gasteiger partial charge in [-0.25, -0.2) is 0 Å². The highest BCUT2D eigenvalue weighted by molar-refractivity contribution is 7.09. The first-order chi connectivity index (χ1) is 8.70. The van der Waals surface area contributed by atoms with Crippen LogP contribution in [0.2, 0.25) is 5.02 Å². The number of carbonyl (C=O) groups is 1. The topological polar surface area (TPSA) is 41.1 Å². The van der Waals surface area contributed by atoms with Gasteiger partial charge in [0.15, 0.2) is 0 Å².